The number of hydrogen-bond acceptors (Lipinski definition) is 2. The molecule has 0 radical (unpaired) electrons. The SMILES string of the molecule is CCc1ccc(-c2cc(NC3CC3)nn2C)cc1. The van der Waals surface area contributed by atoms with Crippen molar-refractivity contribution in [1.29, 1.82) is 0 Å². The molecule has 1 aromatic heterocycles. The zero-order chi connectivity index (χ0) is 12.5. The molecule has 1 heterocycles. The quantitative estimate of drug-likeness (QED) is 0.890. The molecule has 3 nitrogen and oxygen atoms in total. The lowest BCUT2D eigenvalue weighted by molar-refractivity contribution is 0.776. The van der Waals surface area contributed by atoms with E-state index in [-0.39, 0.29) is 0 Å². The van der Waals surface area contributed by atoms with Gasteiger partial charge in [-0.3, -0.25) is 4.68 Å². The van der Waals surface area contributed by atoms with E-state index in [4.69, 9.17) is 0 Å². The highest BCUT2D eigenvalue weighted by atomic mass is 15.3. The van der Waals surface area contributed by atoms with E-state index in [1.54, 1.807) is 0 Å². The fourth-order valence-electron chi connectivity index (χ4n) is 2.16. The molecule has 0 saturated heterocycles. The molecule has 1 aromatic carbocycles. The molecule has 3 heteroatoms. The van der Waals surface area contributed by atoms with Crippen LogP contribution in [0.1, 0.15) is 25.3 Å². The predicted molar refractivity (Wildman–Crippen MR) is 74.7 cm³/mol. The molecular formula is C15H19N3. The zero-order valence-corrected chi connectivity index (χ0v) is 11.0. The monoisotopic (exact) mass is 241 g/mol. The number of hydrogen-bond donors (Lipinski definition) is 1. The molecule has 0 aliphatic heterocycles. The Bertz CT molecular complexity index is 535. The van der Waals surface area contributed by atoms with Crippen molar-refractivity contribution in [2.75, 3.05) is 5.32 Å². The Kier molecular flexibility index (Phi) is 2.82. The standard InChI is InChI=1S/C15H19N3/c1-3-11-4-6-12(7-5-11)14-10-15(17-18(14)2)16-13-8-9-13/h4-7,10,13H,3,8-9H2,1-2H3,(H,16,17). The highest BCUT2D eigenvalue weighted by Gasteiger charge is 2.22. The summed E-state index contributed by atoms with van der Waals surface area (Å²) >= 11 is 0. The Morgan fingerprint density at radius 3 is 2.61 bits per heavy atom. The third kappa shape index (κ3) is 2.26. The van der Waals surface area contributed by atoms with E-state index in [0.717, 1.165) is 12.2 Å². The van der Waals surface area contributed by atoms with Crippen LogP contribution in [-0.2, 0) is 13.5 Å². The number of rotatable bonds is 4. The molecule has 0 spiro atoms. The molecule has 1 aliphatic carbocycles. The highest BCUT2D eigenvalue weighted by molar-refractivity contribution is 5.64. The van der Waals surface area contributed by atoms with Gasteiger partial charge >= 0.3 is 0 Å². The van der Waals surface area contributed by atoms with Gasteiger partial charge in [0.2, 0.25) is 0 Å². The summed E-state index contributed by atoms with van der Waals surface area (Å²) in [6, 6.07) is 11.5. The van der Waals surface area contributed by atoms with Crippen LogP contribution in [0.15, 0.2) is 30.3 Å². The van der Waals surface area contributed by atoms with Gasteiger partial charge in [-0.15, -0.1) is 0 Å². The largest absolute Gasteiger partial charge is 0.366 e. The fourth-order valence-corrected chi connectivity index (χ4v) is 2.16. The van der Waals surface area contributed by atoms with Crippen LogP contribution in [0, 0.1) is 0 Å². The van der Waals surface area contributed by atoms with Gasteiger partial charge in [-0.1, -0.05) is 31.2 Å². The van der Waals surface area contributed by atoms with E-state index in [2.05, 4.69) is 47.7 Å². The van der Waals surface area contributed by atoms with Gasteiger partial charge in [0.1, 0.15) is 5.82 Å². The average molecular weight is 241 g/mol. The van der Waals surface area contributed by atoms with Gasteiger partial charge in [-0.25, -0.2) is 0 Å². The summed E-state index contributed by atoms with van der Waals surface area (Å²) < 4.78 is 1.95. The summed E-state index contributed by atoms with van der Waals surface area (Å²) in [5.41, 5.74) is 3.77. The Morgan fingerprint density at radius 2 is 2.00 bits per heavy atom. The second-order valence-electron chi connectivity index (χ2n) is 5.01. The van der Waals surface area contributed by atoms with Crippen molar-refractivity contribution in [2.45, 2.75) is 32.2 Å². The van der Waals surface area contributed by atoms with Crippen LogP contribution in [0.25, 0.3) is 11.3 Å². The maximum Gasteiger partial charge on any atom is 0.148 e. The topological polar surface area (TPSA) is 29.9 Å². The van der Waals surface area contributed by atoms with Crippen LogP contribution >= 0.6 is 0 Å². The van der Waals surface area contributed by atoms with Crippen LogP contribution in [0.4, 0.5) is 5.82 Å². The fraction of sp³-hybridized carbons (Fsp3) is 0.400. The van der Waals surface area contributed by atoms with E-state index in [1.807, 2.05) is 11.7 Å². The van der Waals surface area contributed by atoms with Crippen molar-refractivity contribution in [1.82, 2.24) is 9.78 Å². The molecule has 1 aliphatic rings. The van der Waals surface area contributed by atoms with Gasteiger partial charge in [0.25, 0.3) is 0 Å². The first kappa shape index (κ1) is 11.3. The van der Waals surface area contributed by atoms with Gasteiger partial charge in [0.15, 0.2) is 0 Å². The van der Waals surface area contributed by atoms with Crippen LogP contribution < -0.4 is 5.32 Å². The number of nitrogens with zero attached hydrogens (tertiary/aromatic N) is 2. The maximum absolute atomic E-state index is 4.52. The molecule has 18 heavy (non-hydrogen) atoms. The molecule has 94 valence electrons. The molecular weight excluding hydrogens is 222 g/mol. The lowest BCUT2D eigenvalue weighted by atomic mass is 10.1. The maximum atomic E-state index is 4.52. The van der Waals surface area contributed by atoms with E-state index in [1.165, 1.54) is 29.7 Å². The lowest BCUT2D eigenvalue weighted by Gasteiger charge is -2.02. The molecule has 0 bridgehead atoms. The summed E-state index contributed by atoms with van der Waals surface area (Å²) in [6.07, 6.45) is 3.63. The molecule has 0 atom stereocenters. The normalized spacial score (nSPS) is 14.8. The summed E-state index contributed by atoms with van der Waals surface area (Å²) in [7, 11) is 2.00. The number of nitrogens with one attached hydrogen (secondary N) is 1. The Labute approximate surface area is 108 Å². The summed E-state index contributed by atoms with van der Waals surface area (Å²) in [6.45, 7) is 2.18. The van der Waals surface area contributed by atoms with Gasteiger partial charge in [0, 0.05) is 19.2 Å². The average Bonchev–Trinajstić information content (AvgIpc) is 3.12. The second kappa shape index (κ2) is 4.48. The van der Waals surface area contributed by atoms with Crippen molar-refractivity contribution in [3.63, 3.8) is 0 Å². The second-order valence-corrected chi connectivity index (χ2v) is 5.01. The summed E-state index contributed by atoms with van der Waals surface area (Å²) in [4.78, 5) is 0. The molecule has 1 fully saturated rings. The minimum atomic E-state index is 0.648. The first-order chi connectivity index (χ1) is 8.76. The van der Waals surface area contributed by atoms with Crippen LogP contribution in [0.2, 0.25) is 0 Å². The smallest absolute Gasteiger partial charge is 0.148 e. The van der Waals surface area contributed by atoms with Crippen LogP contribution in [0.5, 0.6) is 0 Å². The van der Waals surface area contributed by atoms with Crippen molar-refractivity contribution in [2.24, 2.45) is 7.05 Å². The van der Waals surface area contributed by atoms with Gasteiger partial charge in [0.05, 0.1) is 5.69 Å². The third-order valence-electron chi connectivity index (χ3n) is 3.47. The van der Waals surface area contributed by atoms with Crippen molar-refractivity contribution in [3.8, 4) is 11.3 Å². The summed E-state index contributed by atoms with van der Waals surface area (Å²) in [5, 5.41) is 7.95. The first-order valence-corrected chi connectivity index (χ1v) is 6.66. The Hall–Kier alpha value is -1.77. The molecule has 1 N–H and O–H groups in total. The Morgan fingerprint density at radius 1 is 1.28 bits per heavy atom. The zero-order valence-electron chi connectivity index (χ0n) is 11.0. The third-order valence-corrected chi connectivity index (χ3v) is 3.47. The number of anilines is 1. The van der Waals surface area contributed by atoms with Crippen LogP contribution in [-0.4, -0.2) is 15.8 Å². The molecule has 0 unspecified atom stereocenters. The Balaban J connectivity index is 1.86. The minimum Gasteiger partial charge on any atom is -0.366 e. The van der Waals surface area contributed by atoms with E-state index >= 15 is 0 Å². The lowest BCUT2D eigenvalue weighted by Crippen LogP contribution is -2.01. The number of benzene rings is 1. The first-order valence-electron chi connectivity index (χ1n) is 6.66. The van der Waals surface area contributed by atoms with Crippen LogP contribution in [0.3, 0.4) is 0 Å². The van der Waals surface area contributed by atoms with Gasteiger partial charge < -0.3 is 5.32 Å². The number of aromatic nitrogens is 2. The molecule has 0 amide bonds. The highest BCUT2D eigenvalue weighted by Crippen LogP contribution is 2.27. The van der Waals surface area contributed by atoms with Crippen molar-refractivity contribution >= 4 is 5.82 Å². The van der Waals surface area contributed by atoms with Crippen molar-refractivity contribution in [3.05, 3.63) is 35.9 Å². The predicted octanol–water partition coefficient (Wildman–Crippen LogP) is 3.22. The van der Waals surface area contributed by atoms with Gasteiger partial charge in [-0.2, -0.15) is 5.10 Å². The molecule has 3 rings (SSSR count). The van der Waals surface area contributed by atoms with Gasteiger partial charge in [-0.05, 0) is 30.4 Å². The van der Waals surface area contributed by atoms with E-state index in [9.17, 15) is 0 Å². The van der Waals surface area contributed by atoms with Crippen molar-refractivity contribution < 1.29 is 0 Å². The number of aryl methyl sites for hydroxylation is 2. The summed E-state index contributed by atoms with van der Waals surface area (Å²) in [5.74, 6) is 0.995. The van der Waals surface area contributed by atoms with E-state index in [0.29, 0.717) is 6.04 Å². The van der Waals surface area contributed by atoms with E-state index < -0.39 is 0 Å². The molecule has 1 saturated carbocycles. The minimum absolute atomic E-state index is 0.648. The molecule has 2 aromatic rings.